The van der Waals surface area contributed by atoms with Crippen molar-refractivity contribution >= 4 is 15.9 Å². The molecule has 5 heteroatoms. The maximum absolute atomic E-state index is 4.11. The van der Waals surface area contributed by atoms with Gasteiger partial charge in [0, 0.05) is 24.8 Å². The van der Waals surface area contributed by atoms with Gasteiger partial charge in [-0.2, -0.15) is 0 Å². The SMILES string of the molecule is Brc1nccn1-c1cnccn1. The summed E-state index contributed by atoms with van der Waals surface area (Å²) in [5.41, 5.74) is 0. The van der Waals surface area contributed by atoms with E-state index in [0.29, 0.717) is 0 Å². The van der Waals surface area contributed by atoms with Crippen molar-refractivity contribution in [3.8, 4) is 5.82 Å². The fourth-order valence-corrected chi connectivity index (χ4v) is 1.29. The van der Waals surface area contributed by atoms with Gasteiger partial charge in [-0.1, -0.05) is 0 Å². The van der Waals surface area contributed by atoms with Crippen molar-refractivity contribution in [1.29, 1.82) is 0 Å². The average molecular weight is 225 g/mol. The first-order chi connectivity index (χ1) is 5.88. The third-order valence-electron chi connectivity index (χ3n) is 1.39. The molecule has 4 nitrogen and oxygen atoms in total. The summed E-state index contributed by atoms with van der Waals surface area (Å²) >= 11 is 3.29. The topological polar surface area (TPSA) is 43.6 Å². The largest absolute Gasteiger partial charge is 0.277 e. The van der Waals surface area contributed by atoms with Crippen LogP contribution in [0.25, 0.3) is 5.82 Å². The number of aromatic nitrogens is 4. The van der Waals surface area contributed by atoms with Gasteiger partial charge in [0.15, 0.2) is 10.6 Å². The number of halogens is 1. The van der Waals surface area contributed by atoms with E-state index >= 15 is 0 Å². The predicted molar refractivity (Wildman–Crippen MR) is 46.9 cm³/mol. The lowest BCUT2D eigenvalue weighted by atomic mass is 10.6. The third kappa shape index (κ3) is 1.23. The van der Waals surface area contributed by atoms with Crippen LogP contribution < -0.4 is 0 Å². The molecule has 2 heterocycles. The molecule has 2 aromatic heterocycles. The predicted octanol–water partition coefficient (Wildman–Crippen LogP) is 1.42. The molecule has 0 aromatic carbocycles. The molecule has 0 fully saturated rings. The Morgan fingerprint density at radius 1 is 1.17 bits per heavy atom. The van der Waals surface area contributed by atoms with Crippen LogP contribution in [0.2, 0.25) is 0 Å². The first-order valence-corrected chi connectivity index (χ1v) is 4.12. The molecule has 2 aromatic rings. The van der Waals surface area contributed by atoms with Gasteiger partial charge in [0.05, 0.1) is 6.20 Å². The molecule has 60 valence electrons. The molecule has 0 saturated carbocycles. The summed E-state index contributed by atoms with van der Waals surface area (Å²) in [5, 5.41) is 0. The van der Waals surface area contributed by atoms with E-state index in [0.717, 1.165) is 10.6 Å². The van der Waals surface area contributed by atoms with E-state index in [-0.39, 0.29) is 0 Å². The van der Waals surface area contributed by atoms with Gasteiger partial charge in [-0.25, -0.2) is 9.97 Å². The van der Waals surface area contributed by atoms with E-state index in [1.54, 1.807) is 29.4 Å². The highest BCUT2D eigenvalue weighted by atomic mass is 79.9. The van der Waals surface area contributed by atoms with Crippen LogP contribution in [0.5, 0.6) is 0 Å². The minimum absolute atomic E-state index is 0.725. The molecule has 0 bridgehead atoms. The van der Waals surface area contributed by atoms with E-state index < -0.39 is 0 Å². The maximum Gasteiger partial charge on any atom is 0.182 e. The van der Waals surface area contributed by atoms with Gasteiger partial charge in [0.1, 0.15) is 0 Å². The summed E-state index contributed by atoms with van der Waals surface area (Å²) < 4.78 is 2.52. The minimum Gasteiger partial charge on any atom is -0.277 e. The van der Waals surface area contributed by atoms with Crippen molar-refractivity contribution in [2.24, 2.45) is 0 Å². The van der Waals surface area contributed by atoms with Crippen molar-refractivity contribution in [2.75, 3.05) is 0 Å². The number of nitrogens with zero attached hydrogens (tertiary/aromatic N) is 4. The first-order valence-electron chi connectivity index (χ1n) is 3.33. The Balaban J connectivity index is 2.51. The summed E-state index contributed by atoms with van der Waals surface area (Å²) in [6.45, 7) is 0. The van der Waals surface area contributed by atoms with Gasteiger partial charge < -0.3 is 0 Å². The van der Waals surface area contributed by atoms with Crippen LogP contribution >= 0.6 is 15.9 Å². The van der Waals surface area contributed by atoms with Crippen LogP contribution in [0.3, 0.4) is 0 Å². The van der Waals surface area contributed by atoms with Crippen molar-refractivity contribution < 1.29 is 0 Å². The second-order valence-electron chi connectivity index (χ2n) is 2.13. The fraction of sp³-hybridized carbons (Fsp3) is 0. The molecule has 0 spiro atoms. The van der Waals surface area contributed by atoms with E-state index in [4.69, 9.17) is 0 Å². The van der Waals surface area contributed by atoms with E-state index in [1.165, 1.54) is 0 Å². The Bertz CT molecular complexity index is 370. The highest BCUT2D eigenvalue weighted by Crippen LogP contribution is 2.10. The summed E-state index contributed by atoms with van der Waals surface area (Å²) in [5.74, 6) is 0.752. The van der Waals surface area contributed by atoms with Crippen molar-refractivity contribution in [1.82, 2.24) is 19.5 Å². The molecule has 0 amide bonds. The van der Waals surface area contributed by atoms with E-state index in [9.17, 15) is 0 Å². The first kappa shape index (κ1) is 7.42. The minimum atomic E-state index is 0.725. The molecular formula is C7H5BrN4. The lowest BCUT2D eigenvalue weighted by molar-refractivity contribution is 0.943. The van der Waals surface area contributed by atoms with Gasteiger partial charge in [0.25, 0.3) is 0 Å². The molecular weight excluding hydrogens is 220 g/mol. The monoisotopic (exact) mass is 224 g/mol. The summed E-state index contributed by atoms with van der Waals surface area (Å²) in [6.07, 6.45) is 8.45. The molecule has 0 saturated heterocycles. The van der Waals surface area contributed by atoms with Gasteiger partial charge in [0.2, 0.25) is 0 Å². The van der Waals surface area contributed by atoms with Crippen LogP contribution in [0.1, 0.15) is 0 Å². The van der Waals surface area contributed by atoms with Crippen molar-refractivity contribution in [3.05, 3.63) is 35.7 Å². The Morgan fingerprint density at radius 2 is 2.08 bits per heavy atom. The average Bonchev–Trinajstić information content (AvgIpc) is 2.53. The molecule has 0 N–H and O–H groups in total. The normalized spacial score (nSPS) is 10.1. The highest BCUT2D eigenvalue weighted by molar-refractivity contribution is 9.10. The Labute approximate surface area is 77.4 Å². The summed E-state index contributed by atoms with van der Waals surface area (Å²) in [4.78, 5) is 12.1. The van der Waals surface area contributed by atoms with E-state index in [1.807, 2.05) is 6.20 Å². The number of rotatable bonds is 1. The quantitative estimate of drug-likeness (QED) is 0.737. The number of hydrogen-bond donors (Lipinski definition) is 0. The highest BCUT2D eigenvalue weighted by Gasteiger charge is 2.00. The maximum atomic E-state index is 4.11. The fourth-order valence-electron chi connectivity index (χ4n) is 0.872. The standard InChI is InChI=1S/C7H5BrN4/c8-7-11-3-4-12(7)6-5-9-1-2-10-6/h1-5H. The van der Waals surface area contributed by atoms with Crippen LogP contribution in [-0.4, -0.2) is 19.5 Å². The van der Waals surface area contributed by atoms with Crippen LogP contribution in [0.4, 0.5) is 0 Å². The van der Waals surface area contributed by atoms with Crippen molar-refractivity contribution in [3.63, 3.8) is 0 Å². The second kappa shape index (κ2) is 3.02. The third-order valence-corrected chi connectivity index (χ3v) is 1.98. The molecule has 2 rings (SSSR count). The van der Waals surface area contributed by atoms with Gasteiger partial charge >= 0.3 is 0 Å². The zero-order valence-electron chi connectivity index (χ0n) is 6.05. The lowest BCUT2D eigenvalue weighted by Gasteiger charge is -1.99. The molecule has 0 atom stereocenters. The Hall–Kier alpha value is -1.23. The number of hydrogen-bond acceptors (Lipinski definition) is 3. The summed E-state index contributed by atoms with van der Waals surface area (Å²) in [6, 6.07) is 0. The summed E-state index contributed by atoms with van der Waals surface area (Å²) in [7, 11) is 0. The van der Waals surface area contributed by atoms with Crippen molar-refractivity contribution in [2.45, 2.75) is 0 Å². The van der Waals surface area contributed by atoms with Crippen LogP contribution in [0, 0.1) is 0 Å². The Morgan fingerprint density at radius 3 is 2.67 bits per heavy atom. The second-order valence-corrected chi connectivity index (χ2v) is 2.84. The Kier molecular flexibility index (Phi) is 1.87. The molecule has 12 heavy (non-hydrogen) atoms. The van der Waals surface area contributed by atoms with Gasteiger partial charge in [-0.15, -0.1) is 0 Å². The van der Waals surface area contributed by atoms with Crippen LogP contribution in [-0.2, 0) is 0 Å². The number of imidazole rings is 1. The smallest absolute Gasteiger partial charge is 0.182 e. The molecule has 0 unspecified atom stereocenters. The van der Waals surface area contributed by atoms with Gasteiger partial charge in [-0.05, 0) is 15.9 Å². The van der Waals surface area contributed by atoms with Crippen LogP contribution in [0.15, 0.2) is 35.7 Å². The molecule has 0 radical (unpaired) electrons. The van der Waals surface area contributed by atoms with E-state index in [2.05, 4.69) is 30.9 Å². The molecule has 0 aliphatic carbocycles. The van der Waals surface area contributed by atoms with Gasteiger partial charge in [-0.3, -0.25) is 9.55 Å². The zero-order chi connectivity index (χ0) is 8.39. The lowest BCUT2D eigenvalue weighted by Crippen LogP contribution is -1.95. The zero-order valence-corrected chi connectivity index (χ0v) is 7.64. The molecule has 0 aliphatic rings. The molecule has 0 aliphatic heterocycles.